The van der Waals surface area contributed by atoms with Crippen molar-refractivity contribution in [2.45, 2.75) is 0 Å². The Balaban J connectivity index is 2.17. The van der Waals surface area contributed by atoms with Crippen LogP contribution >= 0.6 is 0 Å². The first kappa shape index (κ1) is 11.9. The molecule has 0 aliphatic rings. The minimum Gasteiger partial charge on any atom is -0.497 e. The average molecular weight is 244 g/mol. The van der Waals surface area contributed by atoms with Gasteiger partial charge < -0.3 is 15.2 Å². The largest absolute Gasteiger partial charge is 0.497 e. The highest BCUT2D eigenvalue weighted by Gasteiger charge is 2.04. The number of aromatic nitrogens is 1. The number of carbonyl (C=O) groups is 1. The van der Waals surface area contributed by atoms with E-state index in [-0.39, 0.29) is 5.56 Å². The molecule has 1 aromatic heterocycles. The second-order valence-electron chi connectivity index (χ2n) is 3.62. The quantitative estimate of drug-likeness (QED) is 0.864. The molecule has 0 radical (unpaired) electrons. The zero-order chi connectivity index (χ0) is 13.0. The third kappa shape index (κ3) is 2.76. The Bertz CT molecular complexity index is 552. The number of methoxy groups -OCH3 is 1. The number of hydrogen-bond donors (Lipinski definition) is 2. The first-order chi connectivity index (χ1) is 8.69. The zero-order valence-corrected chi connectivity index (χ0v) is 9.75. The third-order valence-corrected chi connectivity index (χ3v) is 2.36. The van der Waals surface area contributed by atoms with Crippen LogP contribution in [0.3, 0.4) is 0 Å². The fourth-order valence-electron chi connectivity index (χ4n) is 1.47. The number of nitrogens with one attached hydrogen (secondary N) is 1. The van der Waals surface area contributed by atoms with Gasteiger partial charge in [-0.05, 0) is 30.3 Å². The number of benzene rings is 1. The summed E-state index contributed by atoms with van der Waals surface area (Å²) >= 11 is 0. The molecule has 0 atom stereocenters. The molecule has 2 rings (SSSR count). The number of carboxylic acids is 1. The summed E-state index contributed by atoms with van der Waals surface area (Å²) in [5, 5.41) is 11.9. The predicted octanol–water partition coefficient (Wildman–Crippen LogP) is 2.53. The van der Waals surface area contributed by atoms with Crippen LogP contribution in [0.2, 0.25) is 0 Å². The Morgan fingerprint density at radius 2 is 1.94 bits per heavy atom. The molecule has 0 bridgehead atoms. The maximum absolute atomic E-state index is 10.8. The van der Waals surface area contributed by atoms with Crippen molar-refractivity contribution in [1.29, 1.82) is 0 Å². The van der Waals surface area contributed by atoms with Gasteiger partial charge in [-0.2, -0.15) is 0 Å². The lowest BCUT2D eigenvalue weighted by Gasteiger charge is -2.07. The van der Waals surface area contributed by atoms with Gasteiger partial charge in [-0.1, -0.05) is 0 Å². The zero-order valence-electron chi connectivity index (χ0n) is 9.75. The monoisotopic (exact) mass is 244 g/mol. The van der Waals surface area contributed by atoms with E-state index in [1.807, 2.05) is 24.3 Å². The number of rotatable bonds is 4. The van der Waals surface area contributed by atoms with Crippen molar-refractivity contribution in [2.24, 2.45) is 0 Å². The van der Waals surface area contributed by atoms with E-state index >= 15 is 0 Å². The summed E-state index contributed by atoms with van der Waals surface area (Å²) in [6.07, 6.45) is 2.87. The van der Waals surface area contributed by atoms with E-state index in [2.05, 4.69) is 10.3 Å². The highest BCUT2D eigenvalue weighted by atomic mass is 16.5. The van der Waals surface area contributed by atoms with E-state index in [9.17, 15) is 4.79 Å². The van der Waals surface area contributed by atoms with Gasteiger partial charge in [0.2, 0.25) is 0 Å². The Morgan fingerprint density at radius 3 is 2.56 bits per heavy atom. The average Bonchev–Trinajstić information content (AvgIpc) is 2.40. The molecule has 5 heteroatoms. The van der Waals surface area contributed by atoms with Crippen molar-refractivity contribution >= 4 is 17.3 Å². The minimum absolute atomic E-state index is 0.147. The van der Waals surface area contributed by atoms with E-state index in [1.54, 1.807) is 13.3 Å². The first-order valence-electron chi connectivity index (χ1n) is 5.28. The van der Waals surface area contributed by atoms with Crippen LogP contribution < -0.4 is 10.1 Å². The fraction of sp³-hybridized carbons (Fsp3) is 0.0769. The smallest absolute Gasteiger partial charge is 0.337 e. The molecule has 0 aliphatic heterocycles. The van der Waals surface area contributed by atoms with E-state index < -0.39 is 5.97 Å². The summed E-state index contributed by atoms with van der Waals surface area (Å²) in [6, 6.07) is 8.84. The second-order valence-corrected chi connectivity index (χ2v) is 3.62. The predicted molar refractivity (Wildman–Crippen MR) is 67.5 cm³/mol. The molecule has 0 fully saturated rings. The second kappa shape index (κ2) is 5.18. The van der Waals surface area contributed by atoms with Gasteiger partial charge in [-0.15, -0.1) is 0 Å². The Morgan fingerprint density at radius 1 is 1.22 bits per heavy atom. The van der Waals surface area contributed by atoms with Gasteiger partial charge >= 0.3 is 5.97 Å². The van der Waals surface area contributed by atoms with Gasteiger partial charge in [0.1, 0.15) is 5.75 Å². The van der Waals surface area contributed by atoms with Crippen molar-refractivity contribution in [3.8, 4) is 5.75 Å². The van der Waals surface area contributed by atoms with Gasteiger partial charge in [0.15, 0.2) is 0 Å². The minimum atomic E-state index is -0.999. The highest BCUT2D eigenvalue weighted by molar-refractivity contribution is 5.88. The molecule has 0 saturated carbocycles. The van der Waals surface area contributed by atoms with Crippen LogP contribution in [0, 0.1) is 0 Å². The molecule has 1 heterocycles. The lowest BCUT2D eigenvalue weighted by molar-refractivity contribution is 0.0696. The number of ether oxygens (including phenoxy) is 1. The molecule has 0 saturated heterocycles. The Labute approximate surface area is 104 Å². The van der Waals surface area contributed by atoms with Crippen molar-refractivity contribution in [1.82, 2.24) is 4.98 Å². The van der Waals surface area contributed by atoms with Crippen LogP contribution in [0.4, 0.5) is 11.4 Å². The summed E-state index contributed by atoms with van der Waals surface area (Å²) in [4.78, 5) is 14.7. The van der Waals surface area contributed by atoms with E-state index in [4.69, 9.17) is 9.84 Å². The van der Waals surface area contributed by atoms with Crippen LogP contribution in [0.15, 0.2) is 42.7 Å². The van der Waals surface area contributed by atoms with Gasteiger partial charge in [-0.25, -0.2) is 4.79 Å². The van der Waals surface area contributed by atoms with Crippen LogP contribution in [0.1, 0.15) is 10.4 Å². The fourth-order valence-corrected chi connectivity index (χ4v) is 1.47. The lowest BCUT2D eigenvalue weighted by atomic mass is 10.2. The van der Waals surface area contributed by atoms with Crippen LogP contribution in [-0.2, 0) is 0 Å². The summed E-state index contributed by atoms with van der Waals surface area (Å²) in [7, 11) is 1.60. The van der Waals surface area contributed by atoms with Crippen molar-refractivity contribution < 1.29 is 14.6 Å². The number of aromatic carboxylic acids is 1. The molecule has 1 aromatic carbocycles. The molecular formula is C13H12N2O3. The van der Waals surface area contributed by atoms with E-state index in [0.29, 0.717) is 5.69 Å². The van der Waals surface area contributed by atoms with Crippen LogP contribution in [0.25, 0.3) is 0 Å². The van der Waals surface area contributed by atoms with Crippen molar-refractivity contribution in [2.75, 3.05) is 12.4 Å². The van der Waals surface area contributed by atoms with Gasteiger partial charge in [0.25, 0.3) is 0 Å². The van der Waals surface area contributed by atoms with Crippen molar-refractivity contribution in [3.05, 3.63) is 48.3 Å². The van der Waals surface area contributed by atoms with Gasteiger partial charge in [0, 0.05) is 11.9 Å². The number of anilines is 2. The number of carboxylic acid groups (broad SMARTS) is 1. The molecule has 92 valence electrons. The molecule has 0 unspecified atom stereocenters. The van der Waals surface area contributed by atoms with Gasteiger partial charge in [-0.3, -0.25) is 4.98 Å². The summed E-state index contributed by atoms with van der Waals surface area (Å²) in [6.45, 7) is 0. The van der Waals surface area contributed by atoms with Crippen molar-refractivity contribution in [3.63, 3.8) is 0 Å². The summed E-state index contributed by atoms with van der Waals surface area (Å²) in [5.74, 6) is -0.237. The molecule has 2 N–H and O–H groups in total. The standard InChI is InChI=1S/C13H12N2O3/c1-18-12-4-2-10(3-5-12)15-11-6-9(13(16)17)7-14-8-11/h2-8,15H,1H3,(H,16,17). The first-order valence-corrected chi connectivity index (χ1v) is 5.28. The number of hydrogen-bond acceptors (Lipinski definition) is 4. The molecule has 0 spiro atoms. The van der Waals surface area contributed by atoms with Gasteiger partial charge in [0.05, 0.1) is 24.6 Å². The van der Waals surface area contributed by atoms with Crippen LogP contribution in [0.5, 0.6) is 5.75 Å². The third-order valence-electron chi connectivity index (χ3n) is 2.36. The Kier molecular flexibility index (Phi) is 3.43. The SMILES string of the molecule is COc1ccc(Nc2cncc(C(=O)O)c2)cc1. The Hall–Kier alpha value is -2.56. The summed E-state index contributed by atoms with van der Waals surface area (Å²) in [5.41, 5.74) is 1.61. The molecule has 0 aliphatic carbocycles. The number of nitrogens with zero attached hydrogens (tertiary/aromatic N) is 1. The summed E-state index contributed by atoms with van der Waals surface area (Å²) < 4.78 is 5.05. The molecule has 2 aromatic rings. The van der Waals surface area contributed by atoms with Crippen LogP contribution in [-0.4, -0.2) is 23.2 Å². The lowest BCUT2D eigenvalue weighted by Crippen LogP contribution is -1.99. The molecular weight excluding hydrogens is 232 g/mol. The maximum Gasteiger partial charge on any atom is 0.337 e. The van der Waals surface area contributed by atoms with E-state index in [0.717, 1.165) is 11.4 Å². The molecule has 0 amide bonds. The highest BCUT2D eigenvalue weighted by Crippen LogP contribution is 2.19. The topological polar surface area (TPSA) is 71.5 Å². The normalized spacial score (nSPS) is 9.83. The molecule has 5 nitrogen and oxygen atoms in total. The number of pyridine rings is 1. The van der Waals surface area contributed by atoms with E-state index in [1.165, 1.54) is 12.3 Å². The maximum atomic E-state index is 10.8. The molecule has 18 heavy (non-hydrogen) atoms.